The van der Waals surface area contributed by atoms with Crippen LogP contribution in [0.4, 0.5) is 0 Å². The molecule has 0 heteroatoms. The van der Waals surface area contributed by atoms with Crippen LogP contribution in [-0.4, -0.2) is 0 Å². The Kier molecular flexibility index (Phi) is 2.25. The third-order valence-corrected chi connectivity index (χ3v) is 4.03. The van der Waals surface area contributed by atoms with Crippen LogP contribution in [-0.2, 0) is 0 Å². The SMILES string of the molecule is C=CC1CCC2CC(C)CCC12. The molecule has 0 saturated heterocycles. The summed E-state index contributed by atoms with van der Waals surface area (Å²) in [5.74, 6) is 3.92. The van der Waals surface area contributed by atoms with Crippen molar-refractivity contribution in [2.24, 2.45) is 23.7 Å². The van der Waals surface area contributed by atoms with Crippen molar-refractivity contribution in [1.82, 2.24) is 0 Å². The molecule has 0 aromatic carbocycles. The standard InChI is InChI=1S/C12H20/c1-3-10-5-6-11-8-9(2)4-7-12(10)11/h3,9-12H,1,4-8H2,2H3. The molecule has 0 aliphatic heterocycles. The van der Waals surface area contributed by atoms with Crippen molar-refractivity contribution in [3.8, 4) is 0 Å². The van der Waals surface area contributed by atoms with E-state index >= 15 is 0 Å². The van der Waals surface area contributed by atoms with Crippen molar-refractivity contribution < 1.29 is 0 Å². The van der Waals surface area contributed by atoms with E-state index in [1.807, 2.05) is 0 Å². The first-order chi connectivity index (χ1) is 5.81. The van der Waals surface area contributed by atoms with Gasteiger partial charge in [-0.05, 0) is 49.4 Å². The lowest BCUT2D eigenvalue weighted by atomic mass is 9.74. The lowest BCUT2D eigenvalue weighted by Crippen LogP contribution is -2.22. The zero-order valence-corrected chi connectivity index (χ0v) is 8.13. The maximum atomic E-state index is 3.95. The minimum atomic E-state index is 0.863. The first kappa shape index (κ1) is 8.34. The minimum Gasteiger partial charge on any atom is -0.103 e. The molecule has 4 unspecified atom stereocenters. The second-order valence-corrected chi connectivity index (χ2v) is 4.82. The molecule has 12 heavy (non-hydrogen) atoms. The van der Waals surface area contributed by atoms with E-state index in [4.69, 9.17) is 0 Å². The molecule has 4 atom stereocenters. The van der Waals surface area contributed by atoms with E-state index in [-0.39, 0.29) is 0 Å². The van der Waals surface area contributed by atoms with Crippen LogP contribution in [0.15, 0.2) is 12.7 Å². The molecular formula is C12H20. The smallest absolute Gasteiger partial charge is 0.0205 e. The normalized spacial score (nSPS) is 47.1. The van der Waals surface area contributed by atoms with Crippen LogP contribution in [0.3, 0.4) is 0 Å². The summed E-state index contributed by atoms with van der Waals surface area (Å²) in [6, 6.07) is 0. The van der Waals surface area contributed by atoms with Gasteiger partial charge in [0.1, 0.15) is 0 Å². The first-order valence-corrected chi connectivity index (χ1v) is 5.44. The van der Waals surface area contributed by atoms with Crippen LogP contribution in [0, 0.1) is 23.7 Å². The number of hydrogen-bond donors (Lipinski definition) is 0. The first-order valence-electron chi connectivity index (χ1n) is 5.44. The van der Waals surface area contributed by atoms with Gasteiger partial charge in [0.2, 0.25) is 0 Å². The van der Waals surface area contributed by atoms with Crippen molar-refractivity contribution in [1.29, 1.82) is 0 Å². The van der Waals surface area contributed by atoms with Gasteiger partial charge in [0, 0.05) is 0 Å². The number of allylic oxidation sites excluding steroid dienone is 1. The Bertz CT molecular complexity index is 171. The van der Waals surface area contributed by atoms with Gasteiger partial charge in [-0.3, -0.25) is 0 Å². The van der Waals surface area contributed by atoms with Crippen LogP contribution in [0.2, 0.25) is 0 Å². The van der Waals surface area contributed by atoms with Crippen molar-refractivity contribution >= 4 is 0 Å². The molecule has 2 saturated carbocycles. The van der Waals surface area contributed by atoms with Crippen LogP contribution in [0.25, 0.3) is 0 Å². The summed E-state index contributed by atoms with van der Waals surface area (Å²) in [4.78, 5) is 0. The van der Waals surface area contributed by atoms with E-state index in [0.29, 0.717) is 0 Å². The lowest BCUT2D eigenvalue weighted by Gasteiger charge is -2.31. The second kappa shape index (κ2) is 3.24. The van der Waals surface area contributed by atoms with Gasteiger partial charge < -0.3 is 0 Å². The third-order valence-electron chi connectivity index (χ3n) is 4.03. The molecule has 0 N–H and O–H groups in total. The van der Waals surface area contributed by atoms with E-state index in [9.17, 15) is 0 Å². The molecule has 0 radical (unpaired) electrons. The van der Waals surface area contributed by atoms with E-state index in [1.165, 1.54) is 32.1 Å². The molecule has 0 nitrogen and oxygen atoms in total. The van der Waals surface area contributed by atoms with Crippen molar-refractivity contribution in [3.05, 3.63) is 12.7 Å². The summed E-state index contributed by atoms with van der Waals surface area (Å²) < 4.78 is 0. The van der Waals surface area contributed by atoms with Gasteiger partial charge >= 0.3 is 0 Å². The fourth-order valence-corrected chi connectivity index (χ4v) is 3.33. The van der Waals surface area contributed by atoms with Gasteiger partial charge in [-0.25, -0.2) is 0 Å². The van der Waals surface area contributed by atoms with Gasteiger partial charge in [0.15, 0.2) is 0 Å². The van der Waals surface area contributed by atoms with Gasteiger partial charge in [0.25, 0.3) is 0 Å². The Balaban J connectivity index is 2.02. The predicted octanol–water partition coefficient (Wildman–Crippen LogP) is 3.63. The predicted molar refractivity (Wildman–Crippen MR) is 52.9 cm³/mol. The summed E-state index contributed by atoms with van der Waals surface area (Å²) >= 11 is 0. The number of hydrogen-bond acceptors (Lipinski definition) is 0. The van der Waals surface area contributed by atoms with Gasteiger partial charge in [0.05, 0.1) is 0 Å². The van der Waals surface area contributed by atoms with Crippen LogP contribution < -0.4 is 0 Å². The number of fused-ring (bicyclic) bond motifs is 1. The largest absolute Gasteiger partial charge is 0.103 e. The molecule has 68 valence electrons. The molecule has 0 spiro atoms. The van der Waals surface area contributed by atoms with E-state index in [0.717, 1.165) is 23.7 Å². The minimum absolute atomic E-state index is 0.863. The Labute approximate surface area is 76.1 Å². The zero-order chi connectivity index (χ0) is 8.55. The van der Waals surface area contributed by atoms with E-state index in [1.54, 1.807) is 0 Å². The average molecular weight is 164 g/mol. The summed E-state index contributed by atoms with van der Waals surface area (Å²) in [6.45, 7) is 6.37. The fourth-order valence-electron chi connectivity index (χ4n) is 3.33. The van der Waals surface area contributed by atoms with E-state index < -0.39 is 0 Å². The Morgan fingerprint density at radius 3 is 2.75 bits per heavy atom. The van der Waals surface area contributed by atoms with Crippen molar-refractivity contribution in [3.63, 3.8) is 0 Å². The molecule has 2 fully saturated rings. The van der Waals surface area contributed by atoms with Crippen molar-refractivity contribution in [2.45, 2.75) is 39.0 Å². The summed E-state index contributed by atoms with van der Waals surface area (Å²) in [5.41, 5.74) is 0. The topological polar surface area (TPSA) is 0 Å². The number of rotatable bonds is 1. The van der Waals surface area contributed by atoms with Crippen LogP contribution >= 0.6 is 0 Å². The van der Waals surface area contributed by atoms with Gasteiger partial charge in [-0.1, -0.05) is 19.4 Å². The Morgan fingerprint density at radius 1 is 1.17 bits per heavy atom. The second-order valence-electron chi connectivity index (χ2n) is 4.82. The zero-order valence-electron chi connectivity index (χ0n) is 8.13. The van der Waals surface area contributed by atoms with Gasteiger partial charge in [-0.2, -0.15) is 0 Å². The maximum Gasteiger partial charge on any atom is -0.0205 e. The molecule has 2 aliphatic rings. The molecular weight excluding hydrogens is 144 g/mol. The maximum absolute atomic E-state index is 3.95. The highest BCUT2D eigenvalue weighted by Crippen LogP contribution is 2.47. The van der Waals surface area contributed by atoms with Crippen LogP contribution in [0.1, 0.15) is 39.0 Å². The molecule has 2 aliphatic carbocycles. The van der Waals surface area contributed by atoms with E-state index in [2.05, 4.69) is 19.6 Å². The summed E-state index contributed by atoms with van der Waals surface area (Å²) in [5, 5.41) is 0. The van der Waals surface area contributed by atoms with Gasteiger partial charge in [-0.15, -0.1) is 6.58 Å². The Morgan fingerprint density at radius 2 is 2.00 bits per heavy atom. The fraction of sp³-hybridized carbons (Fsp3) is 0.833. The van der Waals surface area contributed by atoms with Crippen molar-refractivity contribution in [2.75, 3.05) is 0 Å². The average Bonchev–Trinajstić information content (AvgIpc) is 2.46. The molecule has 0 heterocycles. The molecule has 0 aromatic heterocycles. The summed E-state index contributed by atoms with van der Waals surface area (Å²) in [7, 11) is 0. The highest BCUT2D eigenvalue weighted by molar-refractivity contribution is 4.96. The monoisotopic (exact) mass is 164 g/mol. The third kappa shape index (κ3) is 1.32. The van der Waals surface area contributed by atoms with Crippen LogP contribution in [0.5, 0.6) is 0 Å². The highest BCUT2D eigenvalue weighted by Gasteiger charge is 2.37. The molecule has 0 aromatic rings. The Hall–Kier alpha value is -0.260. The molecule has 0 amide bonds. The highest BCUT2D eigenvalue weighted by atomic mass is 14.4. The molecule has 0 bridgehead atoms. The molecule has 2 rings (SSSR count). The quantitative estimate of drug-likeness (QED) is 0.519. The summed E-state index contributed by atoms with van der Waals surface area (Å²) in [6.07, 6.45) is 9.54. The lowest BCUT2D eigenvalue weighted by molar-refractivity contribution is 0.201.